The Morgan fingerprint density at radius 3 is 2.51 bits per heavy atom. The third kappa shape index (κ3) is 5.61. The third-order valence-corrected chi connectivity index (χ3v) is 14.4. The molecule has 0 radical (unpaired) electrons. The Balaban J connectivity index is 1.42. The summed E-state index contributed by atoms with van der Waals surface area (Å²) in [4.78, 5) is 0. The van der Waals surface area contributed by atoms with Gasteiger partial charge < -0.3 is 13.9 Å². The van der Waals surface area contributed by atoms with Crippen LogP contribution in [0.25, 0.3) is 5.69 Å². The number of ether oxygens (including phenoxy) is 2. The standard InChI is InChI=1S/C26H40N4O5SSi/c1-19(35-37(7,8)24(2,3)4)25(5)17-15-22(34-25)26(6)16-14-21(33-26)18-36(31,32)23-27-28-29-30(23)20-12-10-9-11-13-20/h9-14,16,19,21-22H,15,17-18H2,1-8H3/t19-,21+,22-,25+,26+/m1/s1. The molecule has 0 amide bonds. The van der Waals surface area contributed by atoms with Crippen molar-refractivity contribution in [1.82, 2.24) is 20.2 Å². The largest absolute Gasteiger partial charge is 0.411 e. The Bertz CT molecular complexity index is 1240. The fourth-order valence-electron chi connectivity index (χ4n) is 4.68. The molecule has 1 aromatic heterocycles. The van der Waals surface area contributed by atoms with Gasteiger partial charge in [-0.15, -0.1) is 0 Å². The van der Waals surface area contributed by atoms with E-state index in [1.807, 2.05) is 25.1 Å². The van der Waals surface area contributed by atoms with Crippen molar-refractivity contribution in [3.05, 3.63) is 42.5 Å². The topological polar surface area (TPSA) is 105 Å². The highest BCUT2D eigenvalue weighted by Gasteiger charge is 2.52. The molecule has 0 N–H and O–H groups in total. The molecule has 1 saturated heterocycles. The molecule has 37 heavy (non-hydrogen) atoms. The molecule has 0 bridgehead atoms. The van der Waals surface area contributed by atoms with Crippen LogP contribution in [0.1, 0.15) is 54.4 Å². The number of tetrazole rings is 1. The van der Waals surface area contributed by atoms with E-state index in [0.29, 0.717) is 5.69 Å². The summed E-state index contributed by atoms with van der Waals surface area (Å²) in [5, 5.41) is 11.2. The molecule has 0 spiro atoms. The number of nitrogens with zero attached hydrogens (tertiary/aromatic N) is 4. The van der Waals surface area contributed by atoms with Crippen molar-refractivity contribution < 1.29 is 22.3 Å². The fourth-order valence-corrected chi connectivity index (χ4v) is 7.49. The van der Waals surface area contributed by atoms with E-state index in [4.69, 9.17) is 13.9 Å². The average molecular weight is 549 g/mol. The lowest BCUT2D eigenvalue weighted by Gasteiger charge is -2.43. The zero-order chi connectivity index (χ0) is 27.3. The van der Waals surface area contributed by atoms with E-state index in [0.717, 1.165) is 12.8 Å². The van der Waals surface area contributed by atoms with Gasteiger partial charge in [0.15, 0.2) is 8.32 Å². The van der Waals surface area contributed by atoms with Gasteiger partial charge in [-0.1, -0.05) is 56.2 Å². The summed E-state index contributed by atoms with van der Waals surface area (Å²) >= 11 is 0. The van der Waals surface area contributed by atoms with Crippen LogP contribution in [0.5, 0.6) is 0 Å². The average Bonchev–Trinajstić information content (AvgIpc) is 3.53. The van der Waals surface area contributed by atoms with Gasteiger partial charge in [-0.2, -0.15) is 4.68 Å². The molecule has 3 heterocycles. The van der Waals surface area contributed by atoms with Gasteiger partial charge in [-0.05, 0) is 74.3 Å². The highest BCUT2D eigenvalue weighted by molar-refractivity contribution is 7.91. The van der Waals surface area contributed by atoms with Crippen LogP contribution in [0.4, 0.5) is 0 Å². The van der Waals surface area contributed by atoms with Crippen molar-refractivity contribution in [3.8, 4) is 5.69 Å². The maximum absolute atomic E-state index is 13.3. The molecule has 2 aliphatic rings. The van der Waals surface area contributed by atoms with Crippen LogP contribution < -0.4 is 0 Å². The Labute approximate surface area is 221 Å². The molecule has 1 aromatic carbocycles. The van der Waals surface area contributed by atoms with Crippen molar-refractivity contribution in [2.24, 2.45) is 0 Å². The number of aromatic nitrogens is 4. The zero-order valence-corrected chi connectivity index (χ0v) is 24.9. The number of sulfone groups is 1. The highest BCUT2D eigenvalue weighted by atomic mass is 32.2. The molecule has 0 unspecified atom stereocenters. The second kappa shape index (κ2) is 9.67. The Morgan fingerprint density at radius 1 is 1.19 bits per heavy atom. The normalized spacial score (nSPS) is 29.6. The van der Waals surface area contributed by atoms with Gasteiger partial charge in [0.25, 0.3) is 5.16 Å². The van der Waals surface area contributed by atoms with Crippen LogP contribution in [0, 0.1) is 0 Å². The number of rotatable bonds is 8. The predicted octanol–water partition coefficient (Wildman–Crippen LogP) is 4.50. The molecule has 11 heteroatoms. The third-order valence-electron chi connectivity index (χ3n) is 8.24. The van der Waals surface area contributed by atoms with E-state index < -0.39 is 35.5 Å². The summed E-state index contributed by atoms with van der Waals surface area (Å²) in [5.41, 5.74) is -0.603. The van der Waals surface area contributed by atoms with Crippen LogP contribution in [-0.2, 0) is 23.7 Å². The number of hydrogen-bond acceptors (Lipinski definition) is 8. The van der Waals surface area contributed by atoms with E-state index >= 15 is 0 Å². The minimum Gasteiger partial charge on any atom is -0.411 e. The molecule has 9 nitrogen and oxygen atoms in total. The minimum atomic E-state index is -3.83. The molecular formula is C26H40N4O5SSi. The first-order chi connectivity index (χ1) is 17.1. The summed E-state index contributed by atoms with van der Waals surface area (Å²) in [7, 11) is -5.79. The monoisotopic (exact) mass is 548 g/mol. The summed E-state index contributed by atoms with van der Waals surface area (Å²) in [5.74, 6) is -0.263. The molecule has 4 rings (SSSR count). The lowest BCUT2D eigenvalue weighted by molar-refractivity contribution is -0.155. The molecule has 2 aliphatic heterocycles. The van der Waals surface area contributed by atoms with Crippen LogP contribution >= 0.6 is 0 Å². The first-order valence-corrected chi connectivity index (χ1v) is 17.4. The fraction of sp³-hybridized carbons (Fsp3) is 0.654. The smallest absolute Gasteiger partial charge is 0.272 e. The van der Waals surface area contributed by atoms with Crippen LogP contribution in [0.3, 0.4) is 0 Å². The van der Waals surface area contributed by atoms with Gasteiger partial charge in [0.2, 0.25) is 9.84 Å². The van der Waals surface area contributed by atoms with Gasteiger partial charge in [0, 0.05) is 0 Å². The van der Waals surface area contributed by atoms with Crippen LogP contribution in [0.15, 0.2) is 47.6 Å². The first-order valence-electron chi connectivity index (χ1n) is 12.9. The van der Waals surface area contributed by atoms with Gasteiger partial charge in [-0.25, -0.2) is 8.42 Å². The molecule has 0 aliphatic carbocycles. The van der Waals surface area contributed by atoms with E-state index in [2.05, 4.69) is 63.2 Å². The van der Waals surface area contributed by atoms with E-state index in [1.54, 1.807) is 24.3 Å². The molecule has 204 valence electrons. The molecule has 0 saturated carbocycles. The highest BCUT2D eigenvalue weighted by Crippen LogP contribution is 2.45. The van der Waals surface area contributed by atoms with Crippen molar-refractivity contribution >= 4 is 18.2 Å². The molecule has 5 atom stereocenters. The Kier molecular flexibility index (Phi) is 7.35. The van der Waals surface area contributed by atoms with Crippen LogP contribution in [0.2, 0.25) is 18.1 Å². The van der Waals surface area contributed by atoms with Crippen molar-refractivity contribution in [2.75, 3.05) is 5.75 Å². The zero-order valence-electron chi connectivity index (χ0n) is 23.1. The van der Waals surface area contributed by atoms with Crippen molar-refractivity contribution in [1.29, 1.82) is 0 Å². The number of hydrogen-bond donors (Lipinski definition) is 0. The van der Waals surface area contributed by atoms with E-state index in [9.17, 15) is 8.42 Å². The molecule has 1 fully saturated rings. The quantitative estimate of drug-likeness (QED) is 0.351. The summed E-state index contributed by atoms with van der Waals surface area (Å²) in [6.45, 7) is 17.4. The van der Waals surface area contributed by atoms with Gasteiger partial charge in [0.05, 0.1) is 35.4 Å². The van der Waals surface area contributed by atoms with Crippen molar-refractivity contribution in [3.63, 3.8) is 0 Å². The predicted molar refractivity (Wildman–Crippen MR) is 144 cm³/mol. The van der Waals surface area contributed by atoms with Gasteiger partial charge in [-0.3, -0.25) is 0 Å². The molecule has 2 aromatic rings. The maximum atomic E-state index is 13.3. The van der Waals surface area contributed by atoms with Crippen molar-refractivity contribution in [2.45, 2.75) is 107 Å². The summed E-state index contributed by atoms with van der Waals surface area (Å²) in [6, 6.07) is 8.95. The van der Waals surface area contributed by atoms with Crippen LogP contribution in [-0.4, -0.2) is 72.2 Å². The van der Waals surface area contributed by atoms with E-state index in [-0.39, 0.29) is 28.2 Å². The van der Waals surface area contributed by atoms with E-state index in [1.165, 1.54) is 4.68 Å². The first kappa shape index (κ1) is 28.1. The van der Waals surface area contributed by atoms with Gasteiger partial charge >= 0.3 is 0 Å². The SMILES string of the molecule is C[C@@H](O[Si](C)(C)C(C)(C)C)[C@]1(C)CC[C@H]([C@]2(C)C=C[C@@H](CS(=O)(=O)c3nnnn3-c3ccccc3)O2)O1. The summed E-state index contributed by atoms with van der Waals surface area (Å²) < 4.78 is 47.4. The van der Waals surface area contributed by atoms with Gasteiger partial charge in [0.1, 0.15) is 5.60 Å². The number of para-hydroxylation sites is 1. The molecular weight excluding hydrogens is 508 g/mol. The Hall–Kier alpha value is -1.92. The maximum Gasteiger partial charge on any atom is 0.272 e. The Morgan fingerprint density at radius 2 is 1.86 bits per heavy atom. The summed E-state index contributed by atoms with van der Waals surface area (Å²) in [6.07, 6.45) is 4.48. The number of benzene rings is 1. The second-order valence-corrected chi connectivity index (χ2v) is 18.9. The second-order valence-electron chi connectivity index (χ2n) is 12.2. The lowest BCUT2D eigenvalue weighted by Crippen LogP contribution is -2.51. The lowest BCUT2D eigenvalue weighted by atomic mass is 9.93. The minimum absolute atomic E-state index is 0.0691.